The zero-order valence-electron chi connectivity index (χ0n) is 14.2. The van der Waals surface area contributed by atoms with Crippen molar-refractivity contribution in [3.8, 4) is 0 Å². The fraction of sp³-hybridized carbons (Fsp3) is 0.375. The van der Waals surface area contributed by atoms with Gasteiger partial charge in [-0.1, -0.05) is 0 Å². The van der Waals surface area contributed by atoms with Gasteiger partial charge >= 0.3 is 6.03 Å². The van der Waals surface area contributed by atoms with Crippen LogP contribution in [0.3, 0.4) is 0 Å². The fourth-order valence-electron chi connectivity index (χ4n) is 2.48. The molecule has 1 aliphatic rings. The molecule has 0 spiro atoms. The molecular formula is C16H20N6O2S. The van der Waals surface area contributed by atoms with Gasteiger partial charge in [-0.15, -0.1) is 11.3 Å². The van der Waals surface area contributed by atoms with E-state index in [0.29, 0.717) is 25.3 Å². The van der Waals surface area contributed by atoms with Gasteiger partial charge in [0.2, 0.25) is 5.91 Å². The quantitative estimate of drug-likeness (QED) is 0.861. The minimum absolute atomic E-state index is 0.00893. The summed E-state index contributed by atoms with van der Waals surface area (Å²) in [5.74, 6) is 0.715. The first-order chi connectivity index (χ1) is 12.0. The number of amides is 3. The summed E-state index contributed by atoms with van der Waals surface area (Å²) in [6.07, 6.45) is 3.39. The predicted octanol–water partition coefficient (Wildman–Crippen LogP) is 1.45. The van der Waals surface area contributed by atoms with Gasteiger partial charge in [0.1, 0.15) is 5.82 Å². The van der Waals surface area contributed by atoms with Crippen LogP contribution in [0.2, 0.25) is 0 Å². The van der Waals surface area contributed by atoms with Crippen molar-refractivity contribution >= 4 is 34.8 Å². The molecule has 2 N–H and O–H groups in total. The number of piperazine rings is 1. The molecule has 9 heteroatoms. The summed E-state index contributed by atoms with van der Waals surface area (Å²) in [5, 5.41) is 6.58. The van der Waals surface area contributed by atoms with Crippen LogP contribution in [-0.4, -0.2) is 53.5 Å². The van der Waals surface area contributed by atoms with Gasteiger partial charge in [-0.3, -0.25) is 4.79 Å². The molecule has 3 rings (SSSR count). The molecule has 0 aromatic carbocycles. The van der Waals surface area contributed by atoms with Crippen molar-refractivity contribution in [3.63, 3.8) is 0 Å². The summed E-state index contributed by atoms with van der Waals surface area (Å²) in [4.78, 5) is 36.8. The lowest BCUT2D eigenvalue weighted by Crippen LogP contribution is -2.48. The zero-order chi connectivity index (χ0) is 17.8. The second-order valence-corrected chi connectivity index (χ2v) is 7.13. The number of hydrogen-bond acceptors (Lipinski definition) is 6. The molecule has 0 atom stereocenters. The molecule has 2 aromatic rings. The Kier molecular flexibility index (Phi) is 5.13. The minimum atomic E-state index is -0.210. The van der Waals surface area contributed by atoms with E-state index in [-0.39, 0.29) is 11.9 Å². The third-order valence-electron chi connectivity index (χ3n) is 3.77. The van der Waals surface area contributed by atoms with Crippen molar-refractivity contribution < 1.29 is 9.59 Å². The number of rotatable bonds is 4. The Labute approximate surface area is 149 Å². The molecule has 8 nitrogen and oxygen atoms in total. The number of anilines is 2. The summed E-state index contributed by atoms with van der Waals surface area (Å²) in [5.41, 5.74) is 0.613. The molecule has 0 saturated carbocycles. The second-order valence-electron chi connectivity index (χ2n) is 5.81. The third kappa shape index (κ3) is 4.44. The minimum Gasteiger partial charge on any atom is -0.353 e. The van der Waals surface area contributed by atoms with Gasteiger partial charge in [-0.05, 0) is 19.1 Å². The van der Waals surface area contributed by atoms with E-state index in [1.54, 1.807) is 47.8 Å². The van der Waals surface area contributed by atoms with Crippen molar-refractivity contribution in [1.29, 1.82) is 0 Å². The highest BCUT2D eigenvalue weighted by atomic mass is 32.1. The molecule has 132 valence electrons. The molecule has 2 aromatic heterocycles. The highest BCUT2D eigenvalue weighted by Crippen LogP contribution is 2.17. The largest absolute Gasteiger partial charge is 0.353 e. The van der Waals surface area contributed by atoms with E-state index in [1.807, 2.05) is 11.8 Å². The fourth-order valence-corrected chi connectivity index (χ4v) is 3.33. The van der Waals surface area contributed by atoms with Crippen LogP contribution >= 0.6 is 11.3 Å². The molecule has 0 bridgehead atoms. The van der Waals surface area contributed by atoms with Crippen LogP contribution < -0.4 is 15.5 Å². The van der Waals surface area contributed by atoms with E-state index in [2.05, 4.69) is 20.6 Å². The summed E-state index contributed by atoms with van der Waals surface area (Å²) >= 11 is 1.57. The molecule has 3 amide bonds. The van der Waals surface area contributed by atoms with Crippen LogP contribution in [0.5, 0.6) is 0 Å². The highest BCUT2D eigenvalue weighted by molar-refractivity contribution is 7.11. The number of carbonyl (C=O) groups is 2. The van der Waals surface area contributed by atoms with Crippen molar-refractivity contribution in [2.45, 2.75) is 13.5 Å². The van der Waals surface area contributed by atoms with Crippen molar-refractivity contribution in [2.75, 3.05) is 36.9 Å². The van der Waals surface area contributed by atoms with E-state index < -0.39 is 0 Å². The SMILES string of the molecule is Cc1ncc(CN(C)C(=O)Nc2ccc(N3CCNC(=O)C3)nc2)s1. The summed E-state index contributed by atoms with van der Waals surface area (Å²) < 4.78 is 0. The lowest BCUT2D eigenvalue weighted by molar-refractivity contribution is -0.120. The van der Waals surface area contributed by atoms with Crippen LogP contribution in [0.4, 0.5) is 16.3 Å². The number of nitrogens with zero attached hydrogens (tertiary/aromatic N) is 4. The van der Waals surface area contributed by atoms with E-state index in [1.165, 1.54) is 0 Å². The smallest absolute Gasteiger partial charge is 0.321 e. The Balaban J connectivity index is 1.57. The Hall–Kier alpha value is -2.68. The third-order valence-corrected chi connectivity index (χ3v) is 4.67. The Morgan fingerprint density at radius 2 is 2.24 bits per heavy atom. The number of aryl methyl sites for hydroxylation is 1. The van der Waals surface area contributed by atoms with Gasteiger partial charge in [0.05, 0.1) is 30.0 Å². The normalized spacial score (nSPS) is 14.2. The molecule has 0 aliphatic carbocycles. The molecule has 1 saturated heterocycles. The maximum atomic E-state index is 12.3. The number of nitrogens with one attached hydrogen (secondary N) is 2. The van der Waals surface area contributed by atoms with Crippen molar-refractivity contribution in [3.05, 3.63) is 34.4 Å². The maximum Gasteiger partial charge on any atom is 0.321 e. The van der Waals surface area contributed by atoms with E-state index in [0.717, 1.165) is 22.2 Å². The Morgan fingerprint density at radius 3 is 2.88 bits per heavy atom. The molecule has 0 radical (unpaired) electrons. The first-order valence-corrected chi connectivity index (χ1v) is 8.74. The summed E-state index contributed by atoms with van der Waals surface area (Å²) in [6, 6.07) is 3.39. The van der Waals surface area contributed by atoms with Crippen LogP contribution in [0.1, 0.15) is 9.88 Å². The first-order valence-electron chi connectivity index (χ1n) is 7.92. The van der Waals surface area contributed by atoms with Gasteiger partial charge in [-0.25, -0.2) is 14.8 Å². The number of pyridine rings is 1. The maximum absolute atomic E-state index is 12.3. The van der Waals surface area contributed by atoms with Crippen LogP contribution in [0.25, 0.3) is 0 Å². The molecule has 3 heterocycles. The summed E-state index contributed by atoms with van der Waals surface area (Å²) in [6.45, 7) is 4.08. The first kappa shape index (κ1) is 17.2. The average Bonchev–Trinajstić information content (AvgIpc) is 3.00. The Morgan fingerprint density at radius 1 is 1.40 bits per heavy atom. The molecule has 0 unspecified atom stereocenters. The monoisotopic (exact) mass is 360 g/mol. The average molecular weight is 360 g/mol. The van der Waals surface area contributed by atoms with Gasteiger partial charge in [-0.2, -0.15) is 0 Å². The van der Waals surface area contributed by atoms with Crippen LogP contribution in [-0.2, 0) is 11.3 Å². The second kappa shape index (κ2) is 7.47. The van der Waals surface area contributed by atoms with Gasteiger partial charge < -0.3 is 20.4 Å². The highest BCUT2D eigenvalue weighted by Gasteiger charge is 2.17. The number of aromatic nitrogens is 2. The van der Waals surface area contributed by atoms with Crippen molar-refractivity contribution in [2.24, 2.45) is 0 Å². The standard InChI is InChI=1S/C16H20N6O2S/c1-11-18-8-13(25-11)9-21(2)16(24)20-12-3-4-14(19-7-12)22-6-5-17-15(23)10-22/h3-4,7-8H,5-6,9-10H2,1-2H3,(H,17,23)(H,20,24). The number of carbonyl (C=O) groups excluding carboxylic acids is 2. The van der Waals surface area contributed by atoms with E-state index in [4.69, 9.17) is 0 Å². The molecular weight excluding hydrogens is 340 g/mol. The molecule has 1 aliphatic heterocycles. The van der Waals surface area contributed by atoms with E-state index >= 15 is 0 Å². The number of hydrogen-bond donors (Lipinski definition) is 2. The van der Waals surface area contributed by atoms with E-state index in [9.17, 15) is 9.59 Å². The molecule has 25 heavy (non-hydrogen) atoms. The Bertz CT molecular complexity index is 760. The number of thiazole rings is 1. The topological polar surface area (TPSA) is 90.5 Å². The lowest BCUT2D eigenvalue weighted by Gasteiger charge is -2.27. The summed E-state index contributed by atoms with van der Waals surface area (Å²) in [7, 11) is 1.73. The van der Waals surface area contributed by atoms with Crippen LogP contribution in [0.15, 0.2) is 24.5 Å². The van der Waals surface area contributed by atoms with Gasteiger partial charge in [0.15, 0.2) is 0 Å². The predicted molar refractivity (Wildman–Crippen MR) is 96.8 cm³/mol. The number of urea groups is 1. The van der Waals surface area contributed by atoms with Gasteiger partial charge in [0.25, 0.3) is 0 Å². The van der Waals surface area contributed by atoms with Crippen molar-refractivity contribution in [1.82, 2.24) is 20.2 Å². The van der Waals surface area contributed by atoms with Crippen LogP contribution in [0, 0.1) is 6.92 Å². The zero-order valence-corrected chi connectivity index (χ0v) is 15.0. The van der Waals surface area contributed by atoms with Gasteiger partial charge in [0, 0.05) is 31.2 Å². The lowest BCUT2D eigenvalue weighted by atomic mass is 10.3. The molecule has 1 fully saturated rings.